The van der Waals surface area contributed by atoms with Crippen molar-refractivity contribution < 1.29 is 4.79 Å². The van der Waals surface area contributed by atoms with Crippen molar-refractivity contribution in [1.29, 1.82) is 0 Å². The number of nitrogens with zero attached hydrogens (tertiary/aromatic N) is 2. The van der Waals surface area contributed by atoms with Gasteiger partial charge in [0.15, 0.2) is 0 Å². The van der Waals surface area contributed by atoms with Gasteiger partial charge < -0.3 is 15.5 Å². The number of pyridine rings is 1. The molecule has 1 aromatic carbocycles. The summed E-state index contributed by atoms with van der Waals surface area (Å²) >= 11 is 6.06. The Labute approximate surface area is 140 Å². The number of nitrogens with one attached hydrogen (secondary N) is 2. The summed E-state index contributed by atoms with van der Waals surface area (Å²) in [4.78, 5) is 18.8. The first kappa shape index (κ1) is 15.8. The van der Waals surface area contributed by atoms with Crippen LogP contribution in [0.2, 0.25) is 5.02 Å². The summed E-state index contributed by atoms with van der Waals surface area (Å²) in [6, 6.07) is 9.06. The number of hydrogen-bond donors (Lipinski definition) is 2. The summed E-state index contributed by atoms with van der Waals surface area (Å²) in [6.07, 6.45) is 1.79. The molecule has 120 valence electrons. The van der Waals surface area contributed by atoms with Gasteiger partial charge in [-0.3, -0.25) is 4.79 Å². The average Bonchev–Trinajstić information content (AvgIpc) is 2.59. The number of anilines is 2. The van der Waals surface area contributed by atoms with Gasteiger partial charge in [0, 0.05) is 36.8 Å². The van der Waals surface area contributed by atoms with E-state index in [9.17, 15) is 4.79 Å². The quantitative estimate of drug-likeness (QED) is 0.908. The first-order valence-corrected chi connectivity index (χ1v) is 8.00. The van der Waals surface area contributed by atoms with Crippen molar-refractivity contribution in [2.45, 2.75) is 6.92 Å². The summed E-state index contributed by atoms with van der Waals surface area (Å²) in [5.41, 5.74) is 2.54. The van der Waals surface area contributed by atoms with Gasteiger partial charge in [-0.1, -0.05) is 17.7 Å². The van der Waals surface area contributed by atoms with Gasteiger partial charge in [-0.25, -0.2) is 4.98 Å². The first-order chi connectivity index (χ1) is 11.1. The number of halogens is 1. The van der Waals surface area contributed by atoms with Gasteiger partial charge in [0.05, 0.1) is 11.9 Å². The van der Waals surface area contributed by atoms with Crippen molar-refractivity contribution in [2.75, 3.05) is 36.4 Å². The van der Waals surface area contributed by atoms with Crippen molar-refractivity contribution in [1.82, 2.24) is 10.3 Å². The lowest BCUT2D eigenvalue weighted by Crippen LogP contribution is -2.43. The van der Waals surface area contributed by atoms with E-state index in [1.165, 1.54) is 0 Å². The zero-order chi connectivity index (χ0) is 16.2. The molecule has 1 aromatic heterocycles. The molecule has 1 aliphatic rings. The number of rotatable bonds is 3. The first-order valence-electron chi connectivity index (χ1n) is 7.63. The largest absolute Gasteiger partial charge is 0.368 e. The lowest BCUT2D eigenvalue weighted by molar-refractivity contribution is 0.102. The minimum atomic E-state index is -0.214. The minimum absolute atomic E-state index is 0.214. The fraction of sp³-hybridized carbons (Fsp3) is 0.294. The molecule has 0 unspecified atom stereocenters. The van der Waals surface area contributed by atoms with Crippen LogP contribution in [0, 0.1) is 6.92 Å². The Morgan fingerprint density at radius 2 is 2.04 bits per heavy atom. The van der Waals surface area contributed by atoms with Gasteiger partial charge in [0.1, 0.15) is 5.82 Å². The van der Waals surface area contributed by atoms with Crippen LogP contribution in [-0.4, -0.2) is 37.1 Å². The van der Waals surface area contributed by atoms with Gasteiger partial charge in [0.25, 0.3) is 5.91 Å². The van der Waals surface area contributed by atoms with Gasteiger partial charge >= 0.3 is 0 Å². The predicted octanol–water partition coefficient (Wildman–Crippen LogP) is 2.71. The molecular weight excluding hydrogens is 312 g/mol. The third-order valence-electron chi connectivity index (χ3n) is 3.91. The number of aromatic nitrogens is 1. The third kappa shape index (κ3) is 3.81. The predicted molar refractivity (Wildman–Crippen MR) is 93.5 cm³/mol. The lowest BCUT2D eigenvalue weighted by Gasteiger charge is -2.29. The second-order valence-corrected chi connectivity index (χ2v) is 5.96. The Balaban J connectivity index is 1.67. The number of hydrogen-bond acceptors (Lipinski definition) is 4. The highest BCUT2D eigenvalue weighted by Crippen LogP contribution is 2.19. The summed E-state index contributed by atoms with van der Waals surface area (Å²) in [6.45, 7) is 5.80. The second kappa shape index (κ2) is 6.98. The second-order valence-electron chi connectivity index (χ2n) is 5.56. The molecule has 23 heavy (non-hydrogen) atoms. The van der Waals surface area contributed by atoms with E-state index in [1.807, 2.05) is 25.1 Å². The van der Waals surface area contributed by atoms with Crippen molar-refractivity contribution in [3.63, 3.8) is 0 Å². The summed E-state index contributed by atoms with van der Waals surface area (Å²) in [7, 11) is 0. The Bertz CT molecular complexity index is 696. The molecule has 1 aliphatic heterocycles. The summed E-state index contributed by atoms with van der Waals surface area (Å²) in [5.74, 6) is 0.319. The van der Waals surface area contributed by atoms with E-state index < -0.39 is 0 Å². The van der Waals surface area contributed by atoms with E-state index in [0.29, 0.717) is 16.4 Å². The highest BCUT2D eigenvalue weighted by molar-refractivity contribution is 6.31. The molecule has 1 amide bonds. The minimum Gasteiger partial charge on any atom is -0.368 e. The van der Waals surface area contributed by atoms with E-state index in [4.69, 9.17) is 11.6 Å². The highest BCUT2D eigenvalue weighted by Gasteiger charge is 2.12. The molecule has 5 nitrogen and oxygen atoms in total. The summed E-state index contributed by atoms with van der Waals surface area (Å²) in [5, 5.41) is 6.70. The van der Waals surface area contributed by atoms with Crippen LogP contribution >= 0.6 is 11.6 Å². The van der Waals surface area contributed by atoms with Crippen LogP contribution in [0.15, 0.2) is 36.5 Å². The van der Waals surface area contributed by atoms with Gasteiger partial charge in [0.2, 0.25) is 0 Å². The molecule has 2 N–H and O–H groups in total. The van der Waals surface area contributed by atoms with Crippen molar-refractivity contribution in [3.05, 3.63) is 52.7 Å². The van der Waals surface area contributed by atoms with Crippen molar-refractivity contribution in [2.24, 2.45) is 0 Å². The fourth-order valence-corrected chi connectivity index (χ4v) is 2.67. The van der Waals surface area contributed by atoms with Crippen LogP contribution in [0.4, 0.5) is 11.5 Å². The molecular formula is C17H19ClN4O. The van der Waals surface area contributed by atoms with Crippen LogP contribution in [0.25, 0.3) is 0 Å². The maximum atomic E-state index is 12.2. The Morgan fingerprint density at radius 1 is 1.26 bits per heavy atom. The van der Waals surface area contributed by atoms with E-state index in [1.54, 1.807) is 18.3 Å². The van der Waals surface area contributed by atoms with Crippen LogP contribution in [0.5, 0.6) is 0 Å². The van der Waals surface area contributed by atoms with Gasteiger partial charge in [-0.05, 0) is 36.8 Å². The number of benzene rings is 1. The SMILES string of the molecule is Cc1ccc(C(=O)Nc2ccc(N3CCNCC3)cn2)cc1Cl. The number of aryl methyl sites for hydroxylation is 1. The number of carbonyl (C=O) groups is 1. The molecule has 0 saturated carbocycles. The van der Waals surface area contributed by atoms with Crippen LogP contribution in [0.3, 0.4) is 0 Å². The third-order valence-corrected chi connectivity index (χ3v) is 4.31. The molecule has 3 rings (SSSR count). The number of piperazine rings is 1. The molecule has 2 heterocycles. The molecule has 1 fully saturated rings. The van der Waals surface area contributed by atoms with Crippen molar-refractivity contribution >= 4 is 29.0 Å². The molecule has 0 aliphatic carbocycles. The molecule has 0 radical (unpaired) electrons. The summed E-state index contributed by atoms with van der Waals surface area (Å²) < 4.78 is 0. The van der Waals surface area contributed by atoms with Gasteiger partial charge in [-0.2, -0.15) is 0 Å². The van der Waals surface area contributed by atoms with Crippen LogP contribution in [0.1, 0.15) is 15.9 Å². The Morgan fingerprint density at radius 3 is 2.70 bits per heavy atom. The van der Waals surface area contributed by atoms with Crippen LogP contribution in [-0.2, 0) is 0 Å². The molecule has 0 atom stereocenters. The molecule has 6 heteroatoms. The Hall–Kier alpha value is -2.11. The van der Waals surface area contributed by atoms with E-state index in [-0.39, 0.29) is 5.91 Å². The number of amides is 1. The van der Waals surface area contributed by atoms with E-state index >= 15 is 0 Å². The molecule has 2 aromatic rings. The van der Waals surface area contributed by atoms with E-state index in [2.05, 4.69) is 20.5 Å². The van der Waals surface area contributed by atoms with Crippen molar-refractivity contribution in [3.8, 4) is 0 Å². The lowest BCUT2D eigenvalue weighted by atomic mass is 10.1. The van der Waals surface area contributed by atoms with Gasteiger partial charge in [-0.15, -0.1) is 0 Å². The normalized spacial score (nSPS) is 14.6. The monoisotopic (exact) mass is 330 g/mol. The topological polar surface area (TPSA) is 57.3 Å². The zero-order valence-corrected chi connectivity index (χ0v) is 13.7. The average molecular weight is 331 g/mol. The number of carbonyl (C=O) groups excluding carboxylic acids is 1. The Kier molecular flexibility index (Phi) is 4.79. The maximum absolute atomic E-state index is 12.2. The molecule has 0 bridgehead atoms. The van der Waals surface area contributed by atoms with E-state index in [0.717, 1.165) is 37.4 Å². The molecule has 0 spiro atoms. The standard InChI is InChI=1S/C17H19ClN4O/c1-12-2-3-13(10-15(12)18)17(23)21-16-5-4-14(11-20-16)22-8-6-19-7-9-22/h2-5,10-11,19H,6-9H2,1H3,(H,20,21,23). The highest BCUT2D eigenvalue weighted by atomic mass is 35.5. The van der Waals surface area contributed by atoms with Crippen LogP contribution < -0.4 is 15.5 Å². The zero-order valence-electron chi connectivity index (χ0n) is 13.0. The smallest absolute Gasteiger partial charge is 0.256 e. The fourth-order valence-electron chi connectivity index (χ4n) is 2.49. The molecule has 1 saturated heterocycles. The maximum Gasteiger partial charge on any atom is 0.256 e.